The lowest BCUT2D eigenvalue weighted by Gasteiger charge is -2.46. The van der Waals surface area contributed by atoms with Crippen LogP contribution in [0.2, 0.25) is 0 Å². The highest BCUT2D eigenvalue weighted by molar-refractivity contribution is 6.23. The number of aliphatic hydroxyl groups is 1. The van der Waals surface area contributed by atoms with E-state index in [1.807, 2.05) is 39.9 Å². The van der Waals surface area contributed by atoms with Gasteiger partial charge < -0.3 is 9.94 Å². The number of benzene rings is 1. The molecule has 2 aliphatic heterocycles. The Hall–Kier alpha value is -1.89. The summed E-state index contributed by atoms with van der Waals surface area (Å²) in [6.45, 7) is 7.38. The summed E-state index contributed by atoms with van der Waals surface area (Å²) in [4.78, 5) is 18.7. The van der Waals surface area contributed by atoms with Gasteiger partial charge in [-0.15, -0.1) is 0 Å². The lowest BCUT2D eigenvalue weighted by Crippen LogP contribution is -2.59. The lowest BCUT2D eigenvalue weighted by atomic mass is 9.84. The first kappa shape index (κ1) is 18.9. The van der Waals surface area contributed by atoms with Crippen molar-refractivity contribution in [2.45, 2.75) is 39.2 Å². The number of amides is 1. The van der Waals surface area contributed by atoms with Gasteiger partial charge in [-0.2, -0.15) is 5.06 Å². The number of aliphatic hydroxyl groups excluding tert-OH is 1. The topological polar surface area (TPSA) is 56.3 Å². The predicted octanol–water partition coefficient (Wildman–Crippen LogP) is 2.60. The highest BCUT2D eigenvalue weighted by atomic mass is 16.7. The van der Waals surface area contributed by atoms with Crippen LogP contribution in [0.25, 0.3) is 5.57 Å². The SMILES string of the molecule is CON1CCC2(CC1)C(O)=C(c1c(C)cc(C)cc1C)C(=O)N2N(C)C. The first-order valence-electron chi connectivity index (χ1n) is 9.05. The van der Waals surface area contributed by atoms with Crippen molar-refractivity contribution in [2.24, 2.45) is 0 Å². The van der Waals surface area contributed by atoms with E-state index < -0.39 is 5.54 Å². The molecule has 0 atom stereocenters. The monoisotopic (exact) mass is 359 g/mol. The molecule has 0 radical (unpaired) electrons. The Labute approximate surface area is 155 Å². The van der Waals surface area contributed by atoms with Gasteiger partial charge in [0.15, 0.2) is 0 Å². The number of nitrogens with zero attached hydrogens (tertiary/aromatic N) is 3. The average Bonchev–Trinajstić information content (AvgIpc) is 2.76. The molecule has 6 nitrogen and oxygen atoms in total. The van der Waals surface area contributed by atoms with Crippen molar-refractivity contribution in [3.05, 3.63) is 40.1 Å². The molecule has 2 aliphatic rings. The van der Waals surface area contributed by atoms with Gasteiger partial charge in [-0.25, -0.2) is 5.01 Å². The molecular formula is C20H29N3O3. The third-order valence-electron chi connectivity index (χ3n) is 5.62. The maximum atomic E-state index is 13.4. The van der Waals surface area contributed by atoms with E-state index in [9.17, 15) is 9.90 Å². The van der Waals surface area contributed by atoms with Crippen LogP contribution < -0.4 is 0 Å². The van der Waals surface area contributed by atoms with Gasteiger partial charge in [-0.1, -0.05) is 17.7 Å². The van der Waals surface area contributed by atoms with Crippen LogP contribution in [0, 0.1) is 20.8 Å². The third-order valence-corrected chi connectivity index (χ3v) is 5.62. The second-order valence-electron chi connectivity index (χ2n) is 7.60. The first-order chi connectivity index (χ1) is 12.2. The number of hydrogen-bond acceptors (Lipinski definition) is 5. The smallest absolute Gasteiger partial charge is 0.273 e. The summed E-state index contributed by atoms with van der Waals surface area (Å²) in [5.74, 6) is 0.0652. The largest absolute Gasteiger partial charge is 0.509 e. The standard InChI is InChI=1S/C20H29N3O3/c1-13-11-14(2)16(15(3)12-13)17-18(24)20(23(19(17)25)21(4)5)7-9-22(26-6)10-8-20/h11-12,24H,7-10H2,1-6H3. The summed E-state index contributed by atoms with van der Waals surface area (Å²) in [5, 5.41) is 16.7. The Balaban J connectivity index is 2.15. The summed E-state index contributed by atoms with van der Waals surface area (Å²) in [6.07, 6.45) is 1.26. The molecule has 1 aromatic carbocycles. The van der Waals surface area contributed by atoms with E-state index >= 15 is 0 Å². The van der Waals surface area contributed by atoms with Gasteiger partial charge in [-0.05, 0) is 50.3 Å². The van der Waals surface area contributed by atoms with Gasteiger partial charge in [-0.3, -0.25) is 9.80 Å². The van der Waals surface area contributed by atoms with Gasteiger partial charge in [0.1, 0.15) is 11.3 Å². The minimum Gasteiger partial charge on any atom is -0.509 e. The highest BCUT2D eigenvalue weighted by Crippen LogP contribution is 2.46. The van der Waals surface area contributed by atoms with Crippen molar-refractivity contribution in [3.63, 3.8) is 0 Å². The molecule has 0 bridgehead atoms. The van der Waals surface area contributed by atoms with E-state index in [-0.39, 0.29) is 11.7 Å². The lowest BCUT2D eigenvalue weighted by molar-refractivity contribution is -0.181. The summed E-state index contributed by atoms with van der Waals surface area (Å²) >= 11 is 0. The summed E-state index contributed by atoms with van der Waals surface area (Å²) < 4.78 is 0. The van der Waals surface area contributed by atoms with E-state index in [2.05, 4.69) is 12.1 Å². The van der Waals surface area contributed by atoms with Crippen LogP contribution in [0.4, 0.5) is 0 Å². The molecule has 1 saturated heterocycles. The molecule has 0 unspecified atom stereocenters. The first-order valence-corrected chi connectivity index (χ1v) is 9.05. The third kappa shape index (κ3) is 2.73. The number of hydrogen-bond donors (Lipinski definition) is 1. The van der Waals surface area contributed by atoms with Gasteiger partial charge in [0.2, 0.25) is 0 Å². The molecule has 3 rings (SSSR count). The van der Waals surface area contributed by atoms with Gasteiger partial charge in [0.25, 0.3) is 5.91 Å². The average molecular weight is 359 g/mol. The van der Waals surface area contributed by atoms with Crippen LogP contribution >= 0.6 is 0 Å². The Bertz CT molecular complexity index is 739. The van der Waals surface area contributed by atoms with Gasteiger partial charge in [0.05, 0.1) is 12.7 Å². The predicted molar refractivity (Wildman–Crippen MR) is 101 cm³/mol. The molecule has 26 heavy (non-hydrogen) atoms. The quantitative estimate of drug-likeness (QED) is 0.899. The maximum absolute atomic E-state index is 13.4. The maximum Gasteiger partial charge on any atom is 0.273 e. The Kier molecular flexibility index (Phi) is 4.86. The van der Waals surface area contributed by atoms with Crippen molar-refractivity contribution >= 4 is 11.5 Å². The van der Waals surface area contributed by atoms with E-state index in [4.69, 9.17) is 4.84 Å². The van der Waals surface area contributed by atoms with Crippen molar-refractivity contribution in [1.29, 1.82) is 0 Å². The molecule has 0 saturated carbocycles. The van der Waals surface area contributed by atoms with Crippen LogP contribution in [-0.4, -0.2) is 65.9 Å². The van der Waals surface area contributed by atoms with E-state index in [1.54, 1.807) is 17.1 Å². The number of aryl methyl sites for hydroxylation is 3. The van der Waals surface area contributed by atoms with Crippen molar-refractivity contribution < 1.29 is 14.7 Å². The molecule has 0 aromatic heterocycles. The fourth-order valence-electron chi connectivity index (χ4n) is 4.59. The summed E-state index contributed by atoms with van der Waals surface area (Å²) in [6, 6.07) is 4.13. The van der Waals surface area contributed by atoms with Crippen LogP contribution in [-0.2, 0) is 9.63 Å². The summed E-state index contributed by atoms with van der Waals surface area (Å²) in [5.41, 5.74) is 3.79. The molecule has 1 N–H and O–H groups in total. The van der Waals surface area contributed by atoms with Crippen LogP contribution in [0.3, 0.4) is 0 Å². The fraction of sp³-hybridized carbons (Fsp3) is 0.550. The van der Waals surface area contributed by atoms with Gasteiger partial charge >= 0.3 is 0 Å². The van der Waals surface area contributed by atoms with Crippen molar-refractivity contribution in [3.8, 4) is 0 Å². The van der Waals surface area contributed by atoms with E-state index in [1.165, 1.54) is 0 Å². The Morgan fingerprint density at radius 2 is 1.65 bits per heavy atom. The number of rotatable bonds is 3. The molecular weight excluding hydrogens is 330 g/mol. The van der Waals surface area contributed by atoms with Gasteiger partial charge in [0, 0.05) is 27.2 Å². The zero-order valence-corrected chi connectivity index (χ0v) is 16.6. The van der Waals surface area contributed by atoms with Crippen molar-refractivity contribution in [2.75, 3.05) is 34.3 Å². The zero-order valence-electron chi connectivity index (χ0n) is 16.6. The molecule has 0 aliphatic carbocycles. The molecule has 6 heteroatoms. The zero-order chi connectivity index (χ0) is 19.2. The second-order valence-corrected chi connectivity index (χ2v) is 7.60. The minimum atomic E-state index is -0.700. The normalized spacial score (nSPS) is 20.7. The highest BCUT2D eigenvalue weighted by Gasteiger charge is 2.55. The number of carbonyl (C=O) groups excluding carboxylic acids is 1. The number of carbonyl (C=O) groups is 1. The van der Waals surface area contributed by atoms with E-state index in [0.29, 0.717) is 31.5 Å². The second kappa shape index (κ2) is 6.68. The Morgan fingerprint density at radius 3 is 2.12 bits per heavy atom. The van der Waals surface area contributed by atoms with Crippen molar-refractivity contribution in [1.82, 2.24) is 15.1 Å². The molecule has 1 aromatic rings. The number of hydroxylamine groups is 2. The van der Waals surface area contributed by atoms with E-state index in [0.717, 1.165) is 22.3 Å². The number of hydrazine groups is 1. The molecule has 1 spiro atoms. The molecule has 1 fully saturated rings. The van der Waals surface area contributed by atoms with Crippen LogP contribution in [0.1, 0.15) is 35.1 Å². The molecule has 2 heterocycles. The van der Waals surface area contributed by atoms with Crippen LogP contribution in [0.5, 0.6) is 0 Å². The number of piperidine rings is 1. The molecule has 142 valence electrons. The minimum absolute atomic E-state index is 0.131. The van der Waals surface area contributed by atoms with Crippen LogP contribution in [0.15, 0.2) is 17.9 Å². The fourth-order valence-corrected chi connectivity index (χ4v) is 4.59. The Morgan fingerprint density at radius 1 is 1.12 bits per heavy atom. The summed E-state index contributed by atoms with van der Waals surface area (Å²) in [7, 11) is 5.36. The molecule has 1 amide bonds.